The van der Waals surface area contributed by atoms with Gasteiger partial charge in [-0.25, -0.2) is 0 Å². The molecule has 0 spiro atoms. The number of hydrogen-bond donors (Lipinski definition) is 2. The summed E-state index contributed by atoms with van der Waals surface area (Å²) in [6.07, 6.45) is 0. The van der Waals surface area contributed by atoms with Gasteiger partial charge in [-0.2, -0.15) is 0 Å². The Morgan fingerprint density at radius 2 is 1.43 bits per heavy atom. The molecular weight excluding hydrogens is 356 g/mol. The first-order valence-corrected chi connectivity index (χ1v) is 8.75. The first-order chi connectivity index (χ1) is 13.7. The summed E-state index contributed by atoms with van der Waals surface area (Å²) in [4.78, 5) is 12.0. The van der Waals surface area contributed by atoms with E-state index in [1.807, 2.05) is 72.8 Å². The topological polar surface area (TPSA) is 68.8 Å². The minimum Gasteiger partial charge on any atom is -0.493 e. The quantitative estimate of drug-likeness (QED) is 0.605. The van der Waals surface area contributed by atoms with Crippen molar-refractivity contribution in [2.45, 2.75) is 0 Å². The van der Waals surface area contributed by atoms with E-state index < -0.39 is 0 Å². The van der Waals surface area contributed by atoms with Gasteiger partial charge >= 0.3 is 0 Å². The number of methoxy groups -OCH3 is 2. The van der Waals surface area contributed by atoms with Crippen LogP contribution in [0.2, 0.25) is 0 Å². The molecule has 3 aromatic rings. The molecule has 144 valence electrons. The van der Waals surface area contributed by atoms with Crippen LogP contribution in [0.15, 0.2) is 72.8 Å². The fourth-order valence-corrected chi connectivity index (χ4v) is 2.58. The molecule has 0 aliphatic heterocycles. The maximum Gasteiger partial charge on any atom is 0.262 e. The fourth-order valence-electron chi connectivity index (χ4n) is 2.58. The van der Waals surface area contributed by atoms with Crippen LogP contribution in [0.25, 0.3) is 0 Å². The maximum absolute atomic E-state index is 12.0. The van der Waals surface area contributed by atoms with Crippen LogP contribution in [0.3, 0.4) is 0 Å². The summed E-state index contributed by atoms with van der Waals surface area (Å²) < 4.78 is 16.0. The lowest BCUT2D eigenvalue weighted by Crippen LogP contribution is -2.20. The predicted molar refractivity (Wildman–Crippen MR) is 110 cm³/mol. The summed E-state index contributed by atoms with van der Waals surface area (Å²) in [6.45, 7) is -0.0460. The first kappa shape index (κ1) is 19.1. The Bertz CT molecular complexity index is 912. The van der Waals surface area contributed by atoms with E-state index >= 15 is 0 Å². The second-order valence-corrected chi connectivity index (χ2v) is 5.92. The molecule has 0 heterocycles. The lowest BCUT2D eigenvalue weighted by Gasteiger charge is -2.12. The van der Waals surface area contributed by atoms with Crippen LogP contribution < -0.4 is 24.8 Å². The van der Waals surface area contributed by atoms with Crippen molar-refractivity contribution in [3.05, 3.63) is 72.8 Å². The Morgan fingerprint density at radius 3 is 2.11 bits per heavy atom. The van der Waals surface area contributed by atoms with E-state index in [2.05, 4.69) is 10.6 Å². The molecule has 0 aliphatic carbocycles. The Balaban J connectivity index is 1.55. The smallest absolute Gasteiger partial charge is 0.262 e. The van der Waals surface area contributed by atoms with Crippen molar-refractivity contribution in [2.75, 3.05) is 31.5 Å². The van der Waals surface area contributed by atoms with Crippen LogP contribution in [-0.2, 0) is 4.79 Å². The van der Waals surface area contributed by atoms with Gasteiger partial charge in [0.15, 0.2) is 18.1 Å². The Kier molecular flexibility index (Phi) is 6.36. The third kappa shape index (κ3) is 5.17. The summed E-state index contributed by atoms with van der Waals surface area (Å²) in [6, 6.07) is 22.2. The summed E-state index contributed by atoms with van der Waals surface area (Å²) in [7, 11) is 3.20. The minimum atomic E-state index is -0.218. The number of ether oxygens (including phenoxy) is 3. The van der Waals surface area contributed by atoms with Crippen molar-refractivity contribution in [1.82, 2.24) is 0 Å². The Labute approximate surface area is 164 Å². The zero-order chi connectivity index (χ0) is 19.8. The third-order valence-corrected chi connectivity index (χ3v) is 3.95. The standard InChI is InChI=1S/C22H22N2O4/c1-26-20-13-12-18(14-21(20)27-2)23-16-8-10-17(11-9-16)24-22(25)15-28-19-6-4-3-5-7-19/h3-14,23H,15H2,1-2H3,(H,24,25). The van der Waals surface area contributed by atoms with E-state index in [9.17, 15) is 4.79 Å². The number of amides is 1. The molecule has 0 saturated heterocycles. The molecule has 0 aromatic heterocycles. The SMILES string of the molecule is COc1ccc(Nc2ccc(NC(=O)COc3ccccc3)cc2)cc1OC. The number of hydrogen-bond acceptors (Lipinski definition) is 5. The Hall–Kier alpha value is -3.67. The molecule has 0 fully saturated rings. The van der Waals surface area contributed by atoms with Gasteiger partial charge < -0.3 is 24.8 Å². The van der Waals surface area contributed by atoms with Gasteiger partial charge in [0.05, 0.1) is 14.2 Å². The molecule has 28 heavy (non-hydrogen) atoms. The van der Waals surface area contributed by atoms with Crippen LogP contribution in [0.1, 0.15) is 0 Å². The zero-order valence-electron chi connectivity index (χ0n) is 15.8. The first-order valence-electron chi connectivity index (χ1n) is 8.75. The number of nitrogens with one attached hydrogen (secondary N) is 2. The van der Waals surface area contributed by atoms with E-state index in [1.54, 1.807) is 14.2 Å². The molecular formula is C22H22N2O4. The molecule has 1 amide bonds. The van der Waals surface area contributed by atoms with Gasteiger partial charge in [0.2, 0.25) is 0 Å². The second-order valence-electron chi connectivity index (χ2n) is 5.92. The van der Waals surface area contributed by atoms with Crippen molar-refractivity contribution < 1.29 is 19.0 Å². The van der Waals surface area contributed by atoms with E-state index in [1.165, 1.54) is 0 Å². The second kappa shape index (κ2) is 9.32. The lowest BCUT2D eigenvalue weighted by atomic mass is 10.2. The van der Waals surface area contributed by atoms with Crippen LogP contribution in [0.5, 0.6) is 17.2 Å². The molecule has 0 unspecified atom stereocenters. The molecule has 3 aromatic carbocycles. The molecule has 2 N–H and O–H groups in total. The Morgan fingerprint density at radius 1 is 0.786 bits per heavy atom. The molecule has 0 saturated carbocycles. The highest BCUT2D eigenvalue weighted by atomic mass is 16.5. The number of carbonyl (C=O) groups is 1. The molecule has 0 atom stereocenters. The summed E-state index contributed by atoms with van der Waals surface area (Å²) >= 11 is 0. The number of anilines is 3. The monoisotopic (exact) mass is 378 g/mol. The highest BCUT2D eigenvalue weighted by molar-refractivity contribution is 5.92. The molecule has 0 radical (unpaired) electrons. The van der Waals surface area contributed by atoms with Gasteiger partial charge in [-0.05, 0) is 48.5 Å². The van der Waals surface area contributed by atoms with Crippen molar-refractivity contribution >= 4 is 23.0 Å². The normalized spacial score (nSPS) is 10.1. The van der Waals surface area contributed by atoms with E-state index in [-0.39, 0.29) is 12.5 Å². The highest BCUT2D eigenvalue weighted by Gasteiger charge is 2.06. The average Bonchev–Trinajstić information content (AvgIpc) is 2.74. The van der Waals surface area contributed by atoms with E-state index in [4.69, 9.17) is 14.2 Å². The van der Waals surface area contributed by atoms with Gasteiger partial charge in [0.1, 0.15) is 5.75 Å². The van der Waals surface area contributed by atoms with Gasteiger partial charge in [-0.15, -0.1) is 0 Å². The lowest BCUT2D eigenvalue weighted by molar-refractivity contribution is -0.118. The number of benzene rings is 3. The van der Waals surface area contributed by atoms with Crippen LogP contribution >= 0.6 is 0 Å². The fraction of sp³-hybridized carbons (Fsp3) is 0.136. The molecule has 3 rings (SSSR count). The maximum atomic E-state index is 12.0. The number of rotatable bonds is 8. The molecule has 0 bridgehead atoms. The average molecular weight is 378 g/mol. The molecule has 6 heteroatoms. The van der Waals surface area contributed by atoms with Gasteiger partial charge in [0, 0.05) is 23.1 Å². The van der Waals surface area contributed by atoms with Gasteiger partial charge in [-0.3, -0.25) is 4.79 Å². The third-order valence-electron chi connectivity index (χ3n) is 3.95. The van der Waals surface area contributed by atoms with Crippen molar-refractivity contribution in [1.29, 1.82) is 0 Å². The van der Waals surface area contributed by atoms with E-state index in [0.29, 0.717) is 22.9 Å². The van der Waals surface area contributed by atoms with E-state index in [0.717, 1.165) is 11.4 Å². The van der Waals surface area contributed by atoms with Crippen molar-refractivity contribution in [2.24, 2.45) is 0 Å². The zero-order valence-corrected chi connectivity index (χ0v) is 15.8. The van der Waals surface area contributed by atoms with Crippen LogP contribution in [0.4, 0.5) is 17.1 Å². The van der Waals surface area contributed by atoms with Gasteiger partial charge in [-0.1, -0.05) is 18.2 Å². The molecule has 6 nitrogen and oxygen atoms in total. The van der Waals surface area contributed by atoms with Crippen molar-refractivity contribution in [3.63, 3.8) is 0 Å². The largest absolute Gasteiger partial charge is 0.493 e. The van der Waals surface area contributed by atoms with Crippen molar-refractivity contribution in [3.8, 4) is 17.2 Å². The van der Waals surface area contributed by atoms with Crippen LogP contribution in [0, 0.1) is 0 Å². The minimum absolute atomic E-state index is 0.0460. The predicted octanol–water partition coefficient (Wildman–Crippen LogP) is 4.46. The van der Waals surface area contributed by atoms with Gasteiger partial charge in [0.25, 0.3) is 5.91 Å². The molecule has 0 aliphatic rings. The number of para-hydroxylation sites is 1. The summed E-state index contributed by atoms with van der Waals surface area (Å²) in [5.74, 6) is 1.76. The van der Waals surface area contributed by atoms with Crippen LogP contribution in [-0.4, -0.2) is 26.7 Å². The number of carbonyl (C=O) groups excluding carboxylic acids is 1. The summed E-state index contributed by atoms with van der Waals surface area (Å²) in [5.41, 5.74) is 2.44. The highest BCUT2D eigenvalue weighted by Crippen LogP contribution is 2.31. The summed E-state index contributed by atoms with van der Waals surface area (Å²) in [5, 5.41) is 6.09.